The molecule has 0 spiro atoms. The molecule has 4 atom stereocenters. The lowest BCUT2D eigenvalue weighted by atomic mass is 9.60. The molecular weight excluding hydrogens is 456 g/mol. The number of aliphatic hydroxyl groups is 1. The molecule has 1 fully saturated rings. The zero-order valence-electron chi connectivity index (χ0n) is 24.2. The van der Waals surface area contributed by atoms with E-state index >= 15 is 0 Å². The van der Waals surface area contributed by atoms with Gasteiger partial charge in [0.1, 0.15) is 0 Å². The van der Waals surface area contributed by atoms with Gasteiger partial charge in [0, 0.05) is 6.61 Å². The van der Waals surface area contributed by atoms with E-state index < -0.39 is 8.32 Å². The summed E-state index contributed by atoms with van der Waals surface area (Å²) >= 11 is 0. The van der Waals surface area contributed by atoms with Gasteiger partial charge in [0.25, 0.3) is 8.32 Å². The average molecular weight is 507 g/mol. The molecule has 0 radical (unpaired) electrons. The first-order chi connectivity index (χ1) is 16.8. The lowest BCUT2D eigenvalue weighted by Gasteiger charge is -2.47. The van der Waals surface area contributed by atoms with Crippen molar-refractivity contribution in [1.29, 1.82) is 0 Å². The Kier molecular flexibility index (Phi) is 8.80. The molecule has 1 saturated carbocycles. The number of hydrogen-bond acceptors (Lipinski definition) is 2. The van der Waals surface area contributed by atoms with Gasteiger partial charge in [-0.3, -0.25) is 0 Å². The van der Waals surface area contributed by atoms with Gasteiger partial charge in [-0.05, 0) is 56.8 Å². The Labute approximate surface area is 222 Å². The summed E-state index contributed by atoms with van der Waals surface area (Å²) in [6.07, 6.45) is 6.25. The largest absolute Gasteiger partial charge is 0.407 e. The van der Waals surface area contributed by atoms with Crippen LogP contribution in [-0.2, 0) is 4.43 Å². The Hall–Kier alpha value is -1.68. The molecule has 36 heavy (non-hydrogen) atoms. The third-order valence-corrected chi connectivity index (χ3v) is 14.7. The van der Waals surface area contributed by atoms with Crippen molar-refractivity contribution in [2.45, 2.75) is 86.3 Å². The second kappa shape index (κ2) is 11.0. The highest BCUT2D eigenvalue weighted by Crippen LogP contribution is 2.60. The Bertz CT molecular complexity index is 950. The summed E-state index contributed by atoms with van der Waals surface area (Å²) in [5.74, 6) is 1.11. The molecule has 1 N–H and O–H groups in total. The van der Waals surface area contributed by atoms with Crippen molar-refractivity contribution < 1.29 is 9.53 Å². The molecule has 1 aliphatic carbocycles. The van der Waals surface area contributed by atoms with Gasteiger partial charge in [0.15, 0.2) is 0 Å². The maximum atomic E-state index is 10.3. The van der Waals surface area contributed by atoms with E-state index in [9.17, 15) is 5.11 Å². The quantitative estimate of drug-likeness (QED) is 0.287. The monoisotopic (exact) mass is 506 g/mol. The molecule has 2 nitrogen and oxygen atoms in total. The number of rotatable bonds is 9. The van der Waals surface area contributed by atoms with Crippen LogP contribution in [0.3, 0.4) is 0 Å². The minimum absolute atomic E-state index is 0.00916. The zero-order chi connectivity index (χ0) is 26.8. The van der Waals surface area contributed by atoms with Crippen molar-refractivity contribution in [3.63, 3.8) is 0 Å². The molecule has 3 rings (SSSR count). The Morgan fingerprint density at radius 3 is 1.86 bits per heavy atom. The smallest absolute Gasteiger partial charge is 0.261 e. The third kappa shape index (κ3) is 5.30. The fourth-order valence-electron chi connectivity index (χ4n) is 6.43. The van der Waals surface area contributed by atoms with Crippen LogP contribution in [0.5, 0.6) is 0 Å². The van der Waals surface area contributed by atoms with E-state index in [-0.39, 0.29) is 27.9 Å². The summed E-state index contributed by atoms with van der Waals surface area (Å²) in [6.45, 7) is 21.7. The van der Waals surface area contributed by atoms with Crippen LogP contribution in [0.1, 0.15) is 75.2 Å². The van der Waals surface area contributed by atoms with Gasteiger partial charge in [0.2, 0.25) is 0 Å². The van der Waals surface area contributed by atoms with Gasteiger partial charge < -0.3 is 9.53 Å². The second-order valence-electron chi connectivity index (χ2n) is 13.3. The van der Waals surface area contributed by atoms with Crippen LogP contribution >= 0.6 is 0 Å². The summed E-state index contributed by atoms with van der Waals surface area (Å²) in [6, 6.07) is 22.0. The van der Waals surface area contributed by atoms with Crippen LogP contribution in [-0.4, -0.2) is 26.1 Å². The fourth-order valence-corrected chi connectivity index (χ4v) is 11.0. The van der Waals surface area contributed by atoms with Gasteiger partial charge in [-0.1, -0.05) is 135 Å². The predicted molar refractivity (Wildman–Crippen MR) is 157 cm³/mol. The number of benzene rings is 2. The minimum atomic E-state index is -2.54. The van der Waals surface area contributed by atoms with Gasteiger partial charge >= 0.3 is 0 Å². The van der Waals surface area contributed by atoms with Crippen molar-refractivity contribution in [3.05, 3.63) is 72.8 Å². The molecule has 0 amide bonds. The molecule has 0 aliphatic heterocycles. The lowest BCUT2D eigenvalue weighted by Crippen LogP contribution is -2.67. The highest BCUT2D eigenvalue weighted by atomic mass is 28.4. The van der Waals surface area contributed by atoms with E-state index in [0.717, 1.165) is 6.61 Å². The lowest BCUT2D eigenvalue weighted by molar-refractivity contribution is 0.0321. The molecule has 198 valence electrons. The highest BCUT2D eigenvalue weighted by molar-refractivity contribution is 6.99. The third-order valence-electron chi connectivity index (χ3n) is 9.71. The summed E-state index contributed by atoms with van der Waals surface area (Å²) in [5.41, 5.74) is 0.268. The van der Waals surface area contributed by atoms with Crippen LogP contribution in [0.25, 0.3) is 0 Å². The van der Waals surface area contributed by atoms with E-state index in [0.29, 0.717) is 11.8 Å². The van der Waals surface area contributed by atoms with Crippen molar-refractivity contribution in [2.24, 2.45) is 28.6 Å². The number of allylic oxidation sites excluding steroid dienone is 1. The first-order valence-corrected chi connectivity index (χ1v) is 15.8. The molecular formula is C33H50O2Si. The molecule has 3 heteroatoms. The van der Waals surface area contributed by atoms with Crippen molar-refractivity contribution in [3.8, 4) is 0 Å². The summed E-state index contributed by atoms with van der Waals surface area (Å²) in [7, 11) is -2.54. The maximum absolute atomic E-state index is 10.3. The van der Waals surface area contributed by atoms with E-state index in [1.807, 2.05) is 6.08 Å². The van der Waals surface area contributed by atoms with E-state index in [4.69, 9.17) is 4.43 Å². The Morgan fingerprint density at radius 1 is 0.917 bits per heavy atom. The molecule has 2 aromatic carbocycles. The Morgan fingerprint density at radius 2 is 1.42 bits per heavy atom. The maximum Gasteiger partial charge on any atom is 0.261 e. The predicted octanol–water partition coefficient (Wildman–Crippen LogP) is 7.21. The van der Waals surface area contributed by atoms with Gasteiger partial charge in [-0.15, -0.1) is 0 Å². The number of aliphatic hydroxyl groups excluding tert-OH is 1. The SMILES string of the molecule is CC(C)[C@@H](O)/C=C/[C@H](C)[C@]1(C)CC[C@@H](CO[Si](c2ccccc2)(c2ccccc2)C(C)(C)C)C1(C)C. The highest BCUT2D eigenvalue weighted by Gasteiger charge is 2.55. The molecule has 0 bridgehead atoms. The van der Waals surface area contributed by atoms with Crippen LogP contribution in [0.2, 0.25) is 5.04 Å². The topological polar surface area (TPSA) is 29.5 Å². The first-order valence-electron chi connectivity index (χ1n) is 13.9. The van der Waals surface area contributed by atoms with E-state index in [1.54, 1.807) is 0 Å². The summed E-state index contributed by atoms with van der Waals surface area (Å²) in [4.78, 5) is 0. The number of hydrogen-bond donors (Lipinski definition) is 1. The summed E-state index contributed by atoms with van der Waals surface area (Å²) < 4.78 is 7.37. The second-order valence-corrected chi connectivity index (χ2v) is 17.6. The van der Waals surface area contributed by atoms with Gasteiger partial charge in [0.05, 0.1) is 6.10 Å². The van der Waals surface area contributed by atoms with Crippen LogP contribution in [0.4, 0.5) is 0 Å². The van der Waals surface area contributed by atoms with E-state index in [1.165, 1.54) is 23.2 Å². The molecule has 1 aliphatic rings. The Balaban J connectivity index is 1.93. The first kappa shape index (κ1) is 28.9. The van der Waals surface area contributed by atoms with Crippen molar-refractivity contribution >= 4 is 18.7 Å². The normalized spacial score (nSPS) is 24.4. The van der Waals surface area contributed by atoms with Gasteiger partial charge in [-0.2, -0.15) is 0 Å². The van der Waals surface area contributed by atoms with Gasteiger partial charge in [-0.25, -0.2) is 0 Å². The average Bonchev–Trinajstić information content (AvgIpc) is 3.07. The molecule has 0 heterocycles. The molecule has 0 unspecified atom stereocenters. The van der Waals surface area contributed by atoms with Crippen LogP contribution in [0.15, 0.2) is 72.8 Å². The molecule has 0 saturated heterocycles. The zero-order valence-corrected chi connectivity index (χ0v) is 25.2. The van der Waals surface area contributed by atoms with Crippen molar-refractivity contribution in [1.82, 2.24) is 0 Å². The van der Waals surface area contributed by atoms with Crippen LogP contribution in [0, 0.1) is 28.6 Å². The minimum Gasteiger partial charge on any atom is -0.407 e. The van der Waals surface area contributed by atoms with E-state index in [2.05, 4.69) is 129 Å². The standard InChI is InChI=1S/C33H50O2Si/c1-25(2)30(34)21-20-26(3)33(9)23-22-27(32(33,7)8)24-35-36(31(4,5)6,28-16-12-10-13-17-28)29-18-14-11-15-19-29/h10-21,25-27,30,34H,22-24H2,1-9H3/b21-20+/t26-,27-,30-,33-/m0/s1. The fraction of sp³-hybridized carbons (Fsp3) is 0.576. The summed E-state index contributed by atoms with van der Waals surface area (Å²) in [5, 5.41) is 13.0. The van der Waals surface area contributed by atoms with Crippen molar-refractivity contribution in [2.75, 3.05) is 6.61 Å². The van der Waals surface area contributed by atoms with Crippen LogP contribution < -0.4 is 10.4 Å². The molecule has 2 aromatic rings. The molecule has 0 aromatic heterocycles.